The first-order chi connectivity index (χ1) is 7.15. The number of carboxylic acid groups (broad SMARTS) is 1. The highest BCUT2D eigenvalue weighted by atomic mass is 16.5. The van der Waals surface area contributed by atoms with Crippen LogP contribution in [0, 0.1) is 0 Å². The molecule has 0 aromatic heterocycles. The smallest absolute Gasteiger partial charge is 0.320 e. The third-order valence-electron chi connectivity index (χ3n) is 2.16. The summed E-state index contributed by atoms with van der Waals surface area (Å²) in [6.07, 6.45) is 0. The molecule has 0 heterocycles. The summed E-state index contributed by atoms with van der Waals surface area (Å²) in [6, 6.07) is 6.96. The lowest BCUT2D eigenvalue weighted by atomic mass is 10.2. The van der Waals surface area contributed by atoms with Crippen molar-refractivity contribution < 1.29 is 14.6 Å². The van der Waals surface area contributed by atoms with Gasteiger partial charge in [-0.3, -0.25) is 4.79 Å². The summed E-state index contributed by atoms with van der Waals surface area (Å²) in [7, 11) is 1.60. The zero-order valence-electron chi connectivity index (χ0n) is 8.86. The molecule has 1 aromatic carbocycles. The van der Waals surface area contributed by atoms with E-state index < -0.39 is 12.0 Å². The molecular weight excluding hydrogens is 194 g/mol. The maximum absolute atomic E-state index is 10.6. The van der Waals surface area contributed by atoms with Crippen LogP contribution in [0.3, 0.4) is 0 Å². The van der Waals surface area contributed by atoms with E-state index in [1.807, 2.05) is 24.3 Å². The summed E-state index contributed by atoms with van der Waals surface area (Å²) in [5.41, 5.74) is 0.952. The number of nitrogens with one attached hydrogen (secondary N) is 1. The lowest BCUT2D eigenvalue weighted by Gasteiger charge is -2.11. The molecule has 0 saturated heterocycles. The van der Waals surface area contributed by atoms with E-state index in [-0.39, 0.29) is 0 Å². The monoisotopic (exact) mass is 209 g/mol. The molecular formula is C11H15NO3. The number of hydrogen-bond donors (Lipinski definition) is 2. The third kappa shape index (κ3) is 3.25. The van der Waals surface area contributed by atoms with Gasteiger partial charge in [0.1, 0.15) is 11.8 Å². The van der Waals surface area contributed by atoms with Gasteiger partial charge in [0.2, 0.25) is 0 Å². The minimum absolute atomic E-state index is 0.484. The Bertz CT molecular complexity index is 338. The number of carboxylic acids is 1. The Morgan fingerprint density at radius 3 is 2.80 bits per heavy atom. The molecule has 2 N–H and O–H groups in total. The summed E-state index contributed by atoms with van der Waals surface area (Å²) >= 11 is 0. The highest BCUT2D eigenvalue weighted by Gasteiger charge is 2.10. The van der Waals surface area contributed by atoms with Gasteiger partial charge in [0, 0.05) is 12.1 Å². The molecule has 0 bridgehead atoms. The number of para-hydroxylation sites is 1. The van der Waals surface area contributed by atoms with E-state index >= 15 is 0 Å². The summed E-state index contributed by atoms with van der Waals surface area (Å²) in [5, 5.41) is 11.6. The molecule has 0 unspecified atom stereocenters. The summed E-state index contributed by atoms with van der Waals surface area (Å²) in [5.74, 6) is -0.0903. The number of hydrogen-bond acceptors (Lipinski definition) is 3. The van der Waals surface area contributed by atoms with Crippen LogP contribution in [0.1, 0.15) is 12.5 Å². The lowest BCUT2D eigenvalue weighted by Crippen LogP contribution is -2.33. The minimum Gasteiger partial charge on any atom is -0.496 e. The Kier molecular flexibility index (Phi) is 4.12. The first-order valence-electron chi connectivity index (χ1n) is 4.73. The van der Waals surface area contributed by atoms with E-state index in [1.165, 1.54) is 0 Å². The van der Waals surface area contributed by atoms with Crippen LogP contribution in [0.25, 0.3) is 0 Å². The molecule has 15 heavy (non-hydrogen) atoms. The fourth-order valence-electron chi connectivity index (χ4n) is 1.20. The SMILES string of the molecule is COc1ccccc1CN[C@@H](C)C(=O)O. The third-order valence-corrected chi connectivity index (χ3v) is 2.16. The summed E-state index contributed by atoms with van der Waals surface area (Å²) in [6.45, 7) is 2.09. The van der Waals surface area contributed by atoms with Crippen molar-refractivity contribution >= 4 is 5.97 Å². The summed E-state index contributed by atoms with van der Waals surface area (Å²) in [4.78, 5) is 10.6. The van der Waals surface area contributed by atoms with Crippen molar-refractivity contribution in [1.29, 1.82) is 0 Å². The molecule has 4 heteroatoms. The number of carbonyl (C=O) groups is 1. The fraction of sp³-hybridized carbons (Fsp3) is 0.364. The highest BCUT2D eigenvalue weighted by molar-refractivity contribution is 5.72. The molecule has 4 nitrogen and oxygen atoms in total. The van der Waals surface area contributed by atoms with Crippen LogP contribution in [0.4, 0.5) is 0 Å². The van der Waals surface area contributed by atoms with Crippen LogP contribution >= 0.6 is 0 Å². The molecule has 0 saturated carbocycles. The Balaban J connectivity index is 2.60. The van der Waals surface area contributed by atoms with Crippen LogP contribution < -0.4 is 10.1 Å². The molecule has 1 atom stereocenters. The van der Waals surface area contributed by atoms with Crippen molar-refractivity contribution in [2.24, 2.45) is 0 Å². The molecule has 0 fully saturated rings. The Labute approximate surface area is 88.9 Å². The van der Waals surface area contributed by atoms with Crippen molar-refractivity contribution in [1.82, 2.24) is 5.32 Å². The largest absolute Gasteiger partial charge is 0.496 e. The minimum atomic E-state index is -0.857. The first-order valence-corrected chi connectivity index (χ1v) is 4.73. The van der Waals surface area contributed by atoms with Crippen LogP contribution in [-0.4, -0.2) is 24.2 Å². The Hall–Kier alpha value is -1.55. The van der Waals surface area contributed by atoms with Crippen molar-refractivity contribution in [3.63, 3.8) is 0 Å². The van der Waals surface area contributed by atoms with Crippen molar-refractivity contribution in [2.45, 2.75) is 19.5 Å². The maximum Gasteiger partial charge on any atom is 0.320 e. The van der Waals surface area contributed by atoms with Crippen LogP contribution in [0.2, 0.25) is 0 Å². The van der Waals surface area contributed by atoms with Crippen LogP contribution in [0.5, 0.6) is 5.75 Å². The molecule has 0 radical (unpaired) electrons. The zero-order valence-corrected chi connectivity index (χ0v) is 8.86. The van der Waals surface area contributed by atoms with E-state index in [9.17, 15) is 4.79 Å². The number of aliphatic carboxylic acids is 1. The van der Waals surface area contributed by atoms with Gasteiger partial charge in [-0.15, -0.1) is 0 Å². The van der Waals surface area contributed by atoms with Crippen LogP contribution in [-0.2, 0) is 11.3 Å². The molecule has 0 aliphatic carbocycles. The van der Waals surface area contributed by atoms with Gasteiger partial charge in [-0.25, -0.2) is 0 Å². The van der Waals surface area contributed by atoms with Crippen molar-refractivity contribution in [3.8, 4) is 5.75 Å². The Morgan fingerprint density at radius 1 is 1.53 bits per heavy atom. The van der Waals surface area contributed by atoms with Gasteiger partial charge in [0.15, 0.2) is 0 Å². The molecule has 0 spiro atoms. The highest BCUT2D eigenvalue weighted by Crippen LogP contribution is 2.16. The molecule has 0 aliphatic rings. The number of ether oxygens (including phenoxy) is 1. The number of benzene rings is 1. The zero-order chi connectivity index (χ0) is 11.3. The topological polar surface area (TPSA) is 58.6 Å². The average Bonchev–Trinajstić information content (AvgIpc) is 2.26. The predicted molar refractivity (Wildman–Crippen MR) is 56.9 cm³/mol. The first kappa shape index (κ1) is 11.5. The van der Waals surface area contributed by atoms with E-state index in [0.717, 1.165) is 11.3 Å². The number of methoxy groups -OCH3 is 1. The normalized spacial score (nSPS) is 12.1. The maximum atomic E-state index is 10.6. The van der Waals surface area contributed by atoms with E-state index in [2.05, 4.69) is 5.32 Å². The second-order valence-corrected chi connectivity index (χ2v) is 3.25. The quantitative estimate of drug-likeness (QED) is 0.766. The van der Waals surface area contributed by atoms with Gasteiger partial charge in [0.25, 0.3) is 0 Å². The van der Waals surface area contributed by atoms with E-state index in [0.29, 0.717) is 6.54 Å². The lowest BCUT2D eigenvalue weighted by molar-refractivity contribution is -0.139. The van der Waals surface area contributed by atoms with Gasteiger partial charge in [-0.2, -0.15) is 0 Å². The molecule has 0 amide bonds. The van der Waals surface area contributed by atoms with Gasteiger partial charge >= 0.3 is 5.97 Å². The van der Waals surface area contributed by atoms with Gasteiger partial charge < -0.3 is 15.2 Å². The average molecular weight is 209 g/mol. The van der Waals surface area contributed by atoms with Gasteiger partial charge in [0.05, 0.1) is 7.11 Å². The predicted octanol–water partition coefficient (Wildman–Crippen LogP) is 1.26. The van der Waals surface area contributed by atoms with Gasteiger partial charge in [-0.05, 0) is 13.0 Å². The molecule has 82 valence electrons. The molecule has 0 aliphatic heterocycles. The second-order valence-electron chi connectivity index (χ2n) is 3.25. The second kappa shape index (κ2) is 5.36. The molecule has 1 aromatic rings. The van der Waals surface area contributed by atoms with E-state index in [4.69, 9.17) is 9.84 Å². The van der Waals surface area contributed by atoms with Crippen molar-refractivity contribution in [2.75, 3.05) is 7.11 Å². The fourth-order valence-corrected chi connectivity index (χ4v) is 1.20. The molecule has 1 rings (SSSR count). The Morgan fingerprint density at radius 2 is 2.20 bits per heavy atom. The van der Waals surface area contributed by atoms with Crippen molar-refractivity contribution in [3.05, 3.63) is 29.8 Å². The van der Waals surface area contributed by atoms with Crippen LogP contribution in [0.15, 0.2) is 24.3 Å². The standard InChI is InChI=1S/C11H15NO3/c1-8(11(13)14)12-7-9-5-3-4-6-10(9)15-2/h3-6,8,12H,7H2,1-2H3,(H,13,14)/t8-/m0/s1. The van der Waals surface area contributed by atoms with E-state index in [1.54, 1.807) is 14.0 Å². The summed E-state index contributed by atoms with van der Waals surface area (Å²) < 4.78 is 5.15. The number of rotatable bonds is 5. The van der Waals surface area contributed by atoms with Gasteiger partial charge in [-0.1, -0.05) is 18.2 Å².